The average Bonchev–Trinajstić information content (AvgIpc) is 2.72. The topological polar surface area (TPSA) is 42.0 Å². The van der Waals surface area contributed by atoms with E-state index < -0.39 is 0 Å². The Labute approximate surface area is 67.3 Å². The highest BCUT2D eigenvalue weighted by molar-refractivity contribution is 4.67. The van der Waals surface area contributed by atoms with Crippen molar-refractivity contribution in [2.45, 2.75) is 32.0 Å². The van der Waals surface area contributed by atoms with Crippen LogP contribution in [0.1, 0.15) is 19.8 Å². The van der Waals surface area contributed by atoms with Gasteiger partial charge in [0.1, 0.15) is 6.10 Å². The second-order valence-corrected chi connectivity index (χ2v) is 2.94. The molecule has 1 aliphatic rings. The van der Waals surface area contributed by atoms with Crippen molar-refractivity contribution in [1.82, 2.24) is 0 Å². The minimum absolute atomic E-state index is 0.293. The van der Waals surface area contributed by atoms with Gasteiger partial charge in [0.05, 0.1) is 25.9 Å². The Kier molecular flexibility index (Phi) is 3.83. The van der Waals surface area contributed by atoms with Crippen LogP contribution in [0, 0.1) is 0 Å². The molecule has 1 rings (SSSR count). The molecule has 0 amide bonds. The van der Waals surface area contributed by atoms with Gasteiger partial charge in [-0.25, -0.2) is 0 Å². The summed E-state index contributed by atoms with van der Waals surface area (Å²) in [7, 11) is 0. The first-order valence-electron chi connectivity index (χ1n) is 4.20. The van der Waals surface area contributed by atoms with E-state index in [0.29, 0.717) is 19.3 Å². The SMILES string of the molecule is CCCC(O)COCC1CO1. The zero-order valence-corrected chi connectivity index (χ0v) is 6.95. The van der Waals surface area contributed by atoms with Crippen molar-refractivity contribution in [3.05, 3.63) is 0 Å². The third-order valence-electron chi connectivity index (χ3n) is 1.64. The molecule has 3 nitrogen and oxygen atoms in total. The van der Waals surface area contributed by atoms with Crippen LogP contribution in [-0.4, -0.2) is 37.1 Å². The van der Waals surface area contributed by atoms with Crippen molar-refractivity contribution in [2.75, 3.05) is 19.8 Å². The fraction of sp³-hybridized carbons (Fsp3) is 1.00. The smallest absolute Gasteiger partial charge is 0.104 e. The zero-order valence-electron chi connectivity index (χ0n) is 6.95. The second kappa shape index (κ2) is 4.70. The Morgan fingerprint density at radius 1 is 1.73 bits per heavy atom. The lowest BCUT2D eigenvalue weighted by Gasteiger charge is -2.08. The first-order chi connectivity index (χ1) is 5.33. The third kappa shape index (κ3) is 4.35. The highest BCUT2D eigenvalue weighted by Crippen LogP contribution is 2.08. The molecular weight excluding hydrogens is 144 g/mol. The molecule has 1 N–H and O–H groups in total. The van der Waals surface area contributed by atoms with Crippen LogP contribution in [-0.2, 0) is 9.47 Å². The van der Waals surface area contributed by atoms with Gasteiger partial charge in [-0.15, -0.1) is 0 Å². The average molecular weight is 160 g/mol. The summed E-state index contributed by atoms with van der Waals surface area (Å²) < 4.78 is 10.1. The molecule has 1 fully saturated rings. The van der Waals surface area contributed by atoms with Gasteiger partial charge in [-0.3, -0.25) is 0 Å². The molecule has 1 heterocycles. The molecule has 2 unspecified atom stereocenters. The third-order valence-corrected chi connectivity index (χ3v) is 1.64. The summed E-state index contributed by atoms with van der Waals surface area (Å²) in [5.74, 6) is 0. The molecule has 1 aliphatic heterocycles. The number of aliphatic hydroxyl groups is 1. The monoisotopic (exact) mass is 160 g/mol. The molecule has 0 aromatic heterocycles. The Morgan fingerprint density at radius 3 is 3.00 bits per heavy atom. The maximum Gasteiger partial charge on any atom is 0.104 e. The van der Waals surface area contributed by atoms with E-state index in [9.17, 15) is 5.11 Å². The fourth-order valence-corrected chi connectivity index (χ4v) is 0.916. The standard InChI is InChI=1S/C8H16O3/c1-2-3-7(9)4-10-5-8-6-11-8/h7-9H,2-6H2,1H3. The normalized spacial score (nSPS) is 25.1. The van der Waals surface area contributed by atoms with Crippen LogP contribution in [0.2, 0.25) is 0 Å². The van der Waals surface area contributed by atoms with E-state index in [0.717, 1.165) is 19.4 Å². The zero-order chi connectivity index (χ0) is 8.10. The molecule has 0 aliphatic carbocycles. The number of hydrogen-bond donors (Lipinski definition) is 1. The van der Waals surface area contributed by atoms with E-state index in [1.165, 1.54) is 0 Å². The maximum atomic E-state index is 9.22. The number of hydrogen-bond acceptors (Lipinski definition) is 3. The Morgan fingerprint density at radius 2 is 2.45 bits per heavy atom. The highest BCUT2D eigenvalue weighted by Gasteiger charge is 2.22. The molecule has 0 aromatic carbocycles. The van der Waals surface area contributed by atoms with Crippen LogP contribution in [0.25, 0.3) is 0 Å². The molecule has 1 saturated heterocycles. The molecule has 11 heavy (non-hydrogen) atoms. The maximum absolute atomic E-state index is 9.22. The fourth-order valence-electron chi connectivity index (χ4n) is 0.916. The minimum atomic E-state index is -0.293. The summed E-state index contributed by atoms with van der Waals surface area (Å²) >= 11 is 0. The van der Waals surface area contributed by atoms with Gasteiger partial charge < -0.3 is 14.6 Å². The quantitative estimate of drug-likeness (QED) is 0.577. The highest BCUT2D eigenvalue weighted by atomic mass is 16.6. The molecule has 0 aromatic rings. The largest absolute Gasteiger partial charge is 0.391 e. The van der Waals surface area contributed by atoms with Gasteiger partial charge in [-0.2, -0.15) is 0 Å². The van der Waals surface area contributed by atoms with Crippen LogP contribution in [0.3, 0.4) is 0 Å². The van der Waals surface area contributed by atoms with E-state index in [-0.39, 0.29) is 6.10 Å². The minimum Gasteiger partial charge on any atom is -0.391 e. The first kappa shape index (κ1) is 8.97. The number of aliphatic hydroxyl groups excluding tert-OH is 1. The van der Waals surface area contributed by atoms with Crippen molar-refractivity contribution in [1.29, 1.82) is 0 Å². The summed E-state index contributed by atoms with van der Waals surface area (Å²) in [5.41, 5.74) is 0. The van der Waals surface area contributed by atoms with Gasteiger partial charge >= 0.3 is 0 Å². The molecule has 0 radical (unpaired) electrons. The summed E-state index contributed by atoms with van der Waals surface area (Å²) in [6.07, 6.45) is 1.85. The lowest BCUT2D eigenvalue weighted by Crippen LogP contribution is -2.16. The van der Waals surface area contributed by atoms with Crippen LogP contribution in [0.4, 0.5) is 0 Å². The van der Waals surface area contributed by atoms with E-state index in [1.54, 1.807) is 0 Å². The van der Waals surface area contributed by atoms with E-state index in [2.05, 4.69) is 0 Å². The van der Waals surface area contributed by atoms with E-state index in [4.69, 9.17) is 9.47 Å². The Hall–Kier alpha value is -0.120. The van der Waals surface area contributed by atoms with Gasteiger partial charge in [-0.1, -0.05) is 13.3 Å². The molecule has 66 valence electrons. The van der Waals surface area contributed by atoms with Crippen molar-refractivity contribution < 1.29 is 14.6 Å². The predicted octanol–water partition coefficient (Wildman–Crippen LogP) is 0.563. The van der Waals surface area contributed by atoms with Crippen LogP contribution < -0.4 is 0 Å². The van der Waals surface area contributed by atoms with E-state index in [1.807, 2.05) is 6.92 Å². The summed E-state index contributed by atoms with van der Waals surface area (Å²) in [5, 5.41) is 9.22. The van der Waals surface area contributed by atoms with Crippen molar-refractivity contribution in [2.24, 2.45) is 0 Å². The Balaban J connectivity index is 1.84. The van der Waals surface area contributed by atoms with E-state index >= 15 is 0 Å². The number of rotatable bonds is 6. The molecular formula is C8H16O3. The lowest BCUT2D eigenvalue weighted by atomic mass is 10.2. The second-order valence-electron chi connectivity index (χ2n) is 2.94. The summed E-state index contributed by atoms with van der Waals surface area (Å²) in [4.78, 5) is 0. The van der Waals surface area contributed by atoms with Crippen LogP contribution in [0.15, 0.2) is 0 Å². The first-order valence-corrected chi connectivity index (χ1v) is 4.20. The van der Waals surface area contributed by atoms with Gasteiger partial charge in [-0.05, 0) is 6.42 Å². The van der Waals surface area contributed by atoms with Crippen molar-refractivity contribution >= 4 is 0 Å². The lowest BCUT2D eigenvalue weighted by molar-refractivity contribution is 0.0262. The number of ether oxygens (including phenoxy) is 2. The van der Waals surface area contributed by atoms with Gasteiger partial charge in [0.2, 0.25) is 0 Å². The van der Waals surface area contributed by atoms with Crippen LogP contribution in [0.5, 0.6) is 0 Å². The van der Waals surface area contributed by atoms with Gasteiger partial charge in [0.25, 0.3) is 0 Å². The van der Waals surface area contributed by atoms with Gasteiger partial charge in [0.15, 0.2) is 0 Å². The van der Waals surface area contributed by atoms with Crippen LogP contribution >= 0.6 is 0 Å². The predicted molar refractivity (Wildman–Crippen MR) is 41.5 cm³/mol. The molecule has 0 bridgehead atoms. The molecule has 2 atom stereocenters. The number of epoxide rings is 1. The van der Waals surface area contributed by atoms with Gasteiger partial charge in [0, 0.05) is 0 Å². The van der Waals surface area contributed by atoms with Crippen molar-refractivity contribution in [3.63, 3.8) is 0 Å². The summed E-state index contributed by atoms with van der Waals surface area (Å²) in [6.45, 7) is 3.96. The molecule has 0 spiro atoms. The van der Waals surface area contributed by atoms with Crippen molar-refractivity contribution in [3.8, 4) is 0 Å². The molecule has 0 saturated carbocycles. The Bertz CT molecular complexity index is 102. The summed E-state index contributed by atoms with van der Waals surface area (Å²) in [6, 6.07) is 0. The molecule has 3 heteroatoms.